The average Bonchev–Trinajstić information content (AvgIpc) is 2.64. The number of rotatable bonds is 2. The van der Waals surface area contributed by atoms with Gasteiger partial charge in [0.25, 0.3) is 0 Å². The molecule has 1 unspecified atom stereocenters. The summed E-state index contributed by atoms with van der Waals surface area (Å²) in [6.07, 6.45) is 0.964. The molecule has 0 aliphatic carbocycles. The molecule has 2 nitrogen and oxygen atoms in total. The van der Waals surface area contributed by atoms with Crippen LogP contribution in [0.25, 0.3) is 0 Å². The monoisotopic (exact) mass is 196 g/mol. The van der Waals surface area contributed by atoms with E-state index in [-0.39, 0.29) is 11.9 Å². The molecule has 3 heteroatoms. The van der Waals surface area contributed by atoms with Crippen LogP contribution in [0.5, 0.6) is 5.75 Å². The lowest BCUT2D eigenvalue weighted by Crippen LogP contribution is -2.16. The Balaban J connectivity index is 2.10. The van der Waals surface area contributed by atoms with E-state index in [1.165, 1.54) is 12.1 Å². The van der Waals surface area contributed by atoms with Crippen LogP contribution in [-0.2, 0) is 4.74 Å². The van der Waals surface area contributed by atoms with Gasteiger partial charge in [0.05, 0.1) is 13.2 Å². The molecule has 0 saturated carbocycles. The van der Waals surface area contributed by atoms with Crippen molar-refractivity contribution in [2.75, 3.05) is 13.2 Å². The molecule has 1 aliphatic rings. The minimum Gasteiger partial charge on any atom is -0.488 e. The molecule has 1 aromatic rings. The van der Waals surface area contributed by atoms with Crippen molar-refractivity contribution in [2.24, 2.45) is 0 Å². The van der Waals surface area contributed by atoms with Crippen molar-refractivity contribution in [3.8, 4) is 5.75 Å². The Morgan fingerprint density at radius 2 is 2.36 bits per heavy atom. The third-order valence-corrected chi connectivity index (χ3v) is 2.33. The van der Waals surface area contributed by atoms with Gasteiger partial charge in [-0.2, -0.15) is 0 Å². The lowest BCUT2D eigenvalue weighted by molar-refractivity contribution is 0.140. The molecule has 1 aromatic carbocycles. The summed E-state index contributed by atoms with van der Waals surface area (Å²) in [5.41, 5.74) is 0.957. The van der Waals surface area contributed by atoms with Crippen LogP contribution in [0.4, 0.5) is 4.39 Å². The summed E-state index contributed by atoms with van der Waals surface area (Å²) in [5.74, 6) is 0.366. The van der Waals surface area contributed by atoms with Gasteiger partial charge in [0.1, 0.15) is 17.7 Å². The molecule has 0 N–H and O–H groups in total. The van der Waals surface area contributed by atoms with Crippen molar-refractivity contribution >= 4 is 0 Å². The van der Waals surface area contributed by atoms with Crippen molar-refractivity contribution in [3.05, 3.63) is 29.6 Å². The largest absolute Gasteiger partial charge is 0.488 e. The first-order valence-corrected chi connectivity index (χ1v) is 4.76. The highest BCUT2D eigenvalue weighted by molar-refractivity contribution is 5.32. The fraction of sp³-hybridized carbons (Fsp3) is 0.455. The van der Waals surface area contributed by atoms with E-state index in [0.29, 0.717) is 12.4 Å². The molecule has 1 aliphatic heterocycles. The van der Waals surface area contributed by atoms with Crippen LogP contribution in [-0.4, -0.2) is 19.3 Å². The molecule has 0 amide bonds. The van der Waals surface area contributed by atoms with E-state index >= 15 is 0 Å². The third-order valence-electron chi connectivity index (χ3n) is 2.33. The number of hydrogen-bond donors (Lipinski definition) is 0. The zero-order chi connectivity index (χ0) is 9.97. The average molecular weight is 196 g/mol. The van der Waals surface area contributed by atoms with Crippen LogP contribution in [0, 0.1) is 12.7 Å². The highest BCUT2D eigenvalue weighted by Gasteiger charge is 2.17. The normalized spacial score (nSPS) is 21.1. The Morgan fingerprint density at radius 1 is 1.50 bits per heavy atom. The highest BCUT2D eigenvalue weighted by Crippen LogP contribution is 2.22. The summed E-state index contributed by atoms with van der Waals surface area (Å²) < 4.78 is 23.7. The number of hydrogen-bond acceptors (Lipinski definition) is 2. The van der Waals surface area contributed by atoms with Crippen LogP contribution in [0.1, 0.15) is 12.0 Å². The number of ether oxygens (including phenoxy) is 2. The maximum absolute atomic E-state index is 12.9. The van der Waals surface area contributed by atoms with Crippen LogP contribution in [0.15, 0.2) is 18.2 Å². The lowest BCUT2D eigenvalue weighted by Gasteiger charge is -2.13. The molecular formula is C11H13FO2. The summed E-state index contributed by atoms with van der Waals surface area (Å²) in [7, 11) is 0. The van der Waals surface area contributed by atoms with Crippen molar-refractivity contribution in [1.82, 2.24) is 0 Å². The van der Waals surface area contributed by atoms with E-state index in [0.717, 1.165) is 18.6 Å². The molecule has 1 heterocycles. The second kappa shape index (κ2) is 3.96. The smallest absolute Gasteiger partial charge is 0.126 e. The topological polar surface area (TPSA) is 18.5 Å². The Morgan fingerprint density at radius 3 is 3.07 bits per heavy atom. The second-order valence-corrected chi connectivity index (χ2v) is 3.51. The van der Waals surface area contributed by atoms with Crippen LogP contribution in [0.3, 0.4) is 0 Å². The van der Waals surface area contributed by atoms with Crippen molar-refractivity contribution < 1.29 is 13.9 Å². The molecule has 2 rings (SSSR count). The van der Waals surface area contributed by atoms with Gasteiger partial charge in [-0.15, -0.1) is 0 Å². The van der Waals surface area contributed by atoms with E-state index in [9.17, 15) is 4.39 Å². The summed E-state index contributed by atoms with van der Waals surface area (Å²) >= 11 is 0. The van der Waals surface area contributed by atoms with Crippen molar-refractivity contribution in [3.63, 3.8) is 0 Å². The standard InChI is InChI=1S/C11H13FO2/c1-8-2-3-9(12)6-11(8)14-10-4-5-13-7-10/h2-3,6,10H,4-5,7H2,1H3. The van der Waals surface area contributed by atoms with Gasteiger partial charge in [-0.05, 0) is 18.6 Å². The molecule has 0 bridgehead atoms. The van der Waals surface area contributed by atoms with Gasteiger partial charge in [0.2, 0.25) is 0 Å². The maximum Gasteiger partial charge on any atom is 0.126 e. The molecule has 1 saturated heterocycles. The summed E-state index contributed by atoms with van der Waals surface area (Å²) in [4.78, 5) is 0. The molecule has 1 fully saturated rings. The Hall–Kier alpha value is -1.09. The maximum atomic E-state index is 12.9. The second-order valence-electron chi connectivity index (χ2n) is 3.51. The van der Waals surface area contributed by atoms with E-state index < -0.39 is 0 Å². The van der Waals surface area contributed by atoms with Crippen LogP contribution >= 0.6 is 0 Å². The minimum absolute atomic E-state index is 0.0792. The molecule has 14 heavy (non-hydrogen) atoms. The van der Waals surface area contributed by atoms with Gasteiger partial charge in [0.15, 0.2) is 0 Å². The first kappa shape index (κ1) is 9.46. The molecular weight excluding hydrogens is 183 g/mol. The first-order valence-electron chi connectivity index (χ1n) is 4.76. The number of benzene rings is 1. The number of halogens is 1. The van der Waals surface area contributed by atoms with Crippen LogP contribution in [0.2, 0.25) is 0 Å². The third kappa shape index (κ3) is 2.04. The van der Waals surface area contributed by atoms with Crippen LogP contribution < -0.4 is 4.74 Å². The predicted molar refractivity (Wildman–Crippen MR) is 51.0 cm³/mol. The summed E-state index contributed by atoms with van der Waals surface area (Å²) in [6, 6.07) is 4.58. The van der Waals surface area contributed by atoms with Crippen molar-refractivity contribution in [1.29, 1.82) is 0 Å². The van der Waals surface area contributed by atoms with Gasteiger partial charge in [0, 0.05) is 12.5 Å². The molecule has 0 spiro atoms. The van der Waals surface area contributed by atoms with Crippen molar-refractivity contribution in [2.45, 2.75) is 19.4 Å². The fourth-order valence-corrected chi connectivity index (χ4v) is 1.49. The van der Waals surface area contributed by atoms with Gasteiger partial charge in [-0.25, -0.2) is 4.39 Å². The quantitative estimate of drug-likeness (QED) is 0.722. The van der Waals surface area contributed by atoms with Gasteiger partial charge in [-0.1, -0.05) is 6.07 Å². The Labute approximate surface area is 82.6 Å². The highest BCUT2D eigenvalue weighted by atomic mass is 19.1. The summed E-state index contributed by atoms with van der Waals surface area (Å²) in [5, 5.41) is 0. The molecule has 0 aromatic heterocycles. The van der Waals surface area contributed by atoms with E-state index in [4.69, 9.17) is 9.47 Å². The predicted octanol–water partition coefficient (Wildman–Crippen LogP) is 2.30. The zero-order valence-electron chi connectivity index (χ0n) is 8.13. The van der Waals surface area contributed by atoms with E-state index in [1.807, 2.05) is 6.92 Å². The zero-order valence-corrected chi connectivity index (χ0v) is 8.13. The molecule has 0 radical (unpaired) electrons. The van der Waals surface area contributed by atoms with Gasteiger partial charge in [-0.3, -0.25) is 0 Å². The fourth-order valence-electron chi connectivity index (χ4n) is 1.49. The van der Waals surface area contributed by atoms with Gasteiger partial charge < -0.3 is 9.47 Å². The van der Waals surface area contributed by atoms with E-state index in [2.05, 4.69) is 0 Å². The first-order chi connectivity index (χ1) is 6.75. The number of aryl methyl sites for hydroxylation is 1. The Kier molecular flexibility index (Phi) is 2.68. The molecule has 76 valence electrons. The Bertz CT molecular complexity index is 319. The summed E-state index contributed by atoms with van der Waals surface area (Å²) in [6.45, 7) is 3.25. The lowest BCUT2D eigenvalue weighted by atomic mass is 10.2. The van der Waals surface area contributed by atoms with E-state index in [1.54, 1.807) is 6.07 Å². The SMILES string of the molecule is Cc1ccc(F)cc1OC1CCOC1. The van der Waals surface area contributed by atoms with Gasteiger partial charge >= 0.3 is 0 Å². The molecule has 1 atom stereocenters. The minimum atomic E-state index is -0.260.